The number of amides is 4. The number of aromatic nitrogens is 6. The molecule has 0 saturated carbocycles. The second kappa shape index (κ2) is 14.7. The number of nitrogens with zero attached hydrogens (tertiary/aromatic N) is 5. The first kappa shape index (κ1) is 38.6. The highest BCUT2D eigenvalue weighted by molar-refractivity contribution is 7.91. The lowest BCUT2D eigenvalue weighted by Crippen LogP contribution is -2.34. The number of carbonyl (C=O) groups is 2. The number of fused-ring (bicyclic) bond motifs is 4. The maximum Gasteiger partial charge on any atom is 0.438 e. The van der Waals surface area contributed by atoms with Crippen LogP contribution in [-0.4, -0.2) is 56.6 Å². The number of H-pyrrole nitrogens is 1. The van der Waals surface area contributed by atoms with Crippen LogP contribution in [-0.2, 0) is 77.9 Å². The van der Waals surface area contributed by atoms with Crippen molar-refractivity contribution in [2.75, 3.05) is 10.6 Å². The third-order valence-electron chi connectivity index (χ3n) is 11.7. The van der Waals surface area contributed by atoms with E-state index in [0.717, 1.165) is 113 Å². The summed E-state index contributed by atoms with van der Waals surface area (Å²) in [6.45, 7) is -0.731. The van der Waals surface area contributed by atoms with Crippen LogP contribution in [0.5, 0.6) is 0 Å². The van der Waals surface area contributed by atoms with Crippen molar-refractivity contribution in [3.63, 3.8) is 0 Å². The molecule has 0 fully saturated rings. The number of hydrogen-bond acceptors (Lipinski definition) is 11. The number of anilines is 2. The highest BCUT2D eigenvalue weighted by atomic mass is 32.2. The lowest BCUT2D eigenvalue weighted by Gasteiger charge is -2.22. The molecule has 310 valence electrons. The third kappa shape index (κ3) is 7.49. The number of hydrogen-bond donors (Lipinski definition) is 7. The average Bonchev–Trinajstić information content (AvgIpc) is 4.01. The third-order valence-corrected chi connectivity index (χ3v) is 14.4. The molecule has 0 aliphatic heterocycles. The van der Waals surface area contributed by atoms with Gasteiger partial charge in [-0.25, -0.2) is 50.6 Å². The summed E-state index contributed by atoms with van der Waals surface area (Å²) < 4.78 is 80.5. The maximum absolute atomic E-state index is 13.5. The van der Waals surface area contributed by atoms with Gasteiger partial charge < -0.3 is 10.6 Å². The summed E-state index contributed by atoms with van der Waals surface area (Å²) in [7, 11) is -7.73. The summed E-state index contributed by atoms with van der Waals surface area (Å²) in [5.74, 6) is -0.231. The second-order valence-corrected chi connectivity index (χ2v) is 19.0. The van der Waals surface area contributed by atoms with Gasteiger partial charge in [0.25, 0.3) is 6.43 Å². The molecule has 7 N–H and O–H groups in total. The van der Waals surface area contributed by atoms with Crippen molar-refractivity contribution in [1.29, 1.82) is 9.56 Å². The number of halogens is 2. The fourth-order valence-corrected chi connectivity index (χ4v) is 11.1. The van der Waals surface area contributed by atoms with E-state index in [2.05, 4.69) is 57.1 Å². The van der Waals surface area contributed by atoms with Gasteiger partial charge in [0.2, 0.25) is 0 Å². The Balaban J connectivity index is 0.924. The SMILES string of the molecule is N=S(=O)(NC(=O)Nc1c2c(cc3c1CC(C1CCc4c1cc1c(c4NC(=O)NS(=N)(=O)c4cnn(CC(F)F)c4)CCC1)C3)CCC2)c1cnn(Cc2noc(=O)[nH]2)c1. The van der Waals surface area contributed by atoms with E-state index >= 15 is 0 Å². The Labute approximate surface area is 336 Å². The van der Waals surface area contributed by atoms with Crippen molar-refractivity contribution >= 4 is 43.3 Å². The second-order valence-electron chi connectivity index (χ2n) is 15.4. The summed E-state index contributed by atoms with van der Waals surface area (Å²) in [6.07, 6.45) is 10.0. The molecule has 4 aliphatic rings. The van der Waals surface area contributed by atoms with E-state index in [1.54, 1.807) is 0 Å². The van der Waals surface area contributed by atoms with Crippen molar-refractivity contribution in [2.45, 2.75) is 99.4 Å². The van der Waals surface area contributed by atoms with E-state index in [1.165, 1.54) is 17.1 Å². The molecular weight excluding hydrogens is 811 g/mol. The molecule has 4 unspecified atom stereocenters. The highest BCUT2D eigenvalue weighted by Crippen LogP contribution is 2.51. The van der Waals surface area contributed by atoms with E-state index in [9.17, 15) is 31.6 Å². The normalized spacial score (nSPS) is 19.7. The molecule has 5 aromatic rings. The van der Waals surface area contributed by atoms with E-state index in [0.29, 0.717) is 24.2 Å². The smallest absolute Gasteiger partial charge is 0.307 e. The van der Waals surface area contributed by atoms with Crippen LogP contribution in [0.15, 0.2) is 56.0 Å². The van der Waals surface area contributed by atoms with Gasteiger partial charge in [0.05, 0.1) is 12.4 Å². The van der Waals surface area contributed by atoms with Crippen LogP contribution in [0.1, 0.15) is 75.5 Å². The predicted octanol–water partition coefficient (Wildman–Crippen LogP) is 4.78. The number of benzene rings is 2. The van der Waals surface area contributed by atoms with E-state index in [4.69, 9.17) is 9.56 Å². The number of rotatable bonds is 11. The summed E-state index contributed by atoms with van der Waals surface area (Å²) in [5.41, 5.74) is 10.0. The van der Waals surface area contributed by atoms with Crippen LogP contribution in [0.3, 0.4) is 0 Å². The molecular formula is C37H40F2N12O6S2. The number of nitrogens with one attached hydrogen (secondary N) is 7. The molecule has 2 aromatic carbocycles. The van der Waals surface area contributed by atoms with Crippen molar-refractivity contribution < 1.29 is 31.3 Å². The Bertz CT molecular complexity index is 2810. The largest absolute Gasteiger partial charge is 0.438 e. The molecule has 4 aliphatic carbocycles. The Morgan fingerprint density at radius 2 is 1.44 bits per heavy atom. The number of carbonyl (C=O) groups excluding carboxylic acids is 2. The minimum Gasteiger partial charge on any atom is -0.307 e. The summed E-state index contributed by atoms with van der Waals surface area (Å²) in [5, 5.41) is 17.3. The Morgan fingerprint density at radius 1 is 0.831 bits per heavy atom. The molecule has 59 heavy (non-hydrogen) atoms. The molecule has 0 spiro atoms. The van der Waals surface area contributed by atoms with Gasteiger partial charge in [-0.05, 0) is 121 Å². The van der Waals surface area contributed by atoms with Crippen molar-refractivity contribution in [3.8, 4) is 0 Å². The van der Waals surface area contributed by atoms with Gasteiger partial charge in [-0.15, -0.1) is 0 Å². The molecule has 9 rings (SSSR count). The zero-order chi connectivity index (χ0) is 41.2. The molecule has 22 heteroatoms. The van der Waals surface area contributed by atoms with Gasteiger partial charge in [0.15, 0.2) is 25.7 Å². The van der Waals surface area contributed by atoms with Gasteiger partial charge >= 0.3 is 17.8 Å². The quantitative estimate of drug-likeness (QED) is 0.0964. The fraction of sp³-hybridized carbons (Fsp3) is 0.405. The van der Waals surface area contributed by atoms with Crippen molar-refractivity contribution in [3.05, 3.63) is 97.8 Å². The first-order valence-corrected chi connectivity index (χ1v) is 22.3. The average molecular weight is 851 g/mol. The molecule has 0 bridgehead atoms. The number of aromatic amines is 1. The van der Waals surface area contributed by atoms with Crippen LogP contribution in [0.25, 0.3) is 0 Å². The summed E-state index contributed by atoms with van der Waals surface area (Å²) in [4.78, 5) is 40.4. The predicted molar refractivity (Wildman–Crippen MR) is 208 cm³/mol. The topological polar surface area (TPSA) is 259 Å². The number of alkyl halides is 2. The van der Waals surface area contributed by atoms with Crippen LogP contribution >= 0.6 is 0 Å². The molecule has 18 nitrogen and oxygen atoms in total. The minimum atomic E-state index is -3.90. The van der Waals surface area contributed by atoms with Crippen LogP contribution in [0.2, 0.25) is 0 Å². The Morgan fingerprint density at radius 3 is 2.07 bits per heavy atom. The van der Waals surface area contributed by atoms with Crippen LogP contribution in [0, 0.1) is 15.5 Å². The zero-order valence-corrected chi connectivity index (χ0v) is 33.1. The number of urea groups is 2. The lowest BCUT2D eigenvalue weighted by atomic mass is 9.84. The lowest BCUT2D eigenvalue weighted by molar-refractivity contribution is 0.121. The first-order chi connectivity index (χ1) is 28.2. The van der Waals surface area contributed by atoms with Crippen LogP contribution < -0.4 is 25.8 Å². The standard InChI is InChI=1S/C37H40F2N12O6S2/c38-31(39)17-50-15-23(13-42-50)58(40,55)48-35(52)45-33-27-6-2-4-20(27)11-30-25(7-8-28(30)33)22-10-21-9-19-3-1-5-26(19)34(29(21)12-22)46-36(53)49-59(41,56)24-14-43-51(16-24)18-32-44-37(54)57-47-32/h9,11,13-16,22,25,31H,1-8,10,12,17-18H2,(H,44,47,54)(H3,40,45,48,52,55)(H3,41,46,49,53,56). The van der Waals surface area contributed by atoms with Gasteiger partial charge in [-0.1, -0.05) is 17.3 Å². The molecule has 4 atom stereocenters. The van der Waals surface area contributed by atoms with E-state index in [-0.39, 0.29) is 34.0 Å². The summed E-state index contributed by atoms with van der Waals surface area (Å²) in [6, 6.07) is 2.90. The number of aryl methyl sites for hydroxylation is 2. The zero-order valence-electron chi connectivity index (χ0n) is 31.4. The first-order valence-electron chi connectivity index (χ1n) is 19.2. The molecule has 4 amide bonds. The summed E-state index contributed by atoms with van der Waals surface area (Å²) >= 11 is 0. The highest BCUT2D eigenvalue weighted by Gasteiger charge is 2.39. The van der Waals surface area contributed by atoms with Crippen molar-refractivity contribution in [2.24, 2.45) is 5.92 Å². The fourth-order valence-electron chi connectivity index (χ4n) is 9.28. The Hall–Kier alpha value is -5.90. The molecule has 3 heterocycles. The minimum absolute atomic E-state index is 0.00444. The molecule has 0 radical (unpaired) electrons. The van der Waals surface area contributed by atoms with Gasteiger partial charge in [0, 0.05) is 23.8 Å². The van der Waals surface area contributed by atoms with E-state index in [1.807, 2.05) is 0 Å². The maximum atomic E-state index is 13.5. The van der Waals surface area contributed by atoms with Crippen molar-refractivity contribution in [1.82, 2.24) is 39.1 Å². The van der Waals surface area contributed by atoms with Gasteiger partial charge in [-0.2, -0.15) is 10.2 Å². The van der Waals surface area contributed by atoms with Gasteiger partial charge in [-0.3, -0.25) is 18.9 Å². The van der Waals surface area contributed by atoms with E-state index < -0.39 is 50.6 Å². The monoisotopic (exact) mass is 850 g/mol. The van der Waals surface area contributed by atoms with Gasteiger partial charge in [0.1, 0.15) is 22.9 Å². The Kier molecular flexibility index (Phi) is 9.64. The molecule has 0 saturated heterocycles. The van der Waals surface area contributed by atoms with Crippen LogP contribution in [0.4, 0.5) is 29.7 Å². The molecule has 3 aromatic heterocycles.